The molecule has 1 aliphatic rings. The van der Waals surface area contributed by atoms with E-state index in [-0.39, 0.29) is 17.6 Å². The predicted octanol–water partition coefficient (Wildman–Crippen LogP) is 5.12. The van der Waals surface area contributed by atoms with Crippen molar-refractivity contribution >= 4 is 45.3 Å². The molecule has 1 amide bonds. The Kier molecular flexibility index (Phi) is 6.70. The van der Waals surface area contributed by atoms with Crippen LogP contribution in [0.1, 0.15) is 12.5 Å². The van der Waals surface area contributed by atoms with E-state index in [0.29, 0.717) is 53.5 Å². The first kappa shape index (κ1) is 26.2. The number of piperazine rings is 1. The largest absolute Gasteiger partial charge is 0.457 e. The molecule has 0 radical (unpaired) electrons. The number of pyridine rings is 1. The molecule has 0 saturated carbocycles. The summed E-state index contributed by atoms with van der Waals surface area (Å²) in [7, 11) is 1.92. The monoisotopic (exact) mass is 552 g/mol. The number of halogens is 1. The summed E-state index contributed by atoms with van der Waals surface area (Å²) in [4.78, 5) is 33.9. The van der Waals surface area contributed by atoms with Gasteiger partial charge in [-0.3, -0.25) is 4.79 Å². The van der Waals surface area contributed by atoms with Gasteiger partial charge in [-0.25, -0.2) is 24.3 Å². The predicted molar refractivity (Wildman–Crippen MR) is 156 cm³/mol. The summed E-state index contributed by atoms with van der Waals surface area (Å²) in [5, 5.41) is 3.10. The molecule has 41 heavy (non-hydrogen) atoms. The highest BCUT2D eigenvalue weighted by Gasteiger charge is 2.27. The Bertz CT molecular complexity index is 1800. The van der Waals surface area contributed by atoms with E-state index in [1.807, 2.05) is 48.9 Å². The third kappa shape index (κ3) is 4.90. The van der Waals surface area contributed by atoms with Gasteiger partial charge in [-0.1, -0.05) is 6.58 Å². The number of hydrogen-bond donors (Lipinski definition) is 1. The number of hydrogen-bond acceptors (Lipinski definition) is 8. The summed E-state index contributed by atoms with van der Waals surface area (Å²) in [5.41, 5.74) is 3.51. The minimum atomic E-state index is -0.457. The van der Waals surface area contributed by atoms with Crippen molar-refractivity contribution in [2.75, 3.05) is 29.9 Å². The molecule has 208 valence electrons. The van der Waals surface area contributed by atoms with Gasteiger partial charge in [0.2, 0.25) is 5.91 Å². The number of imidazole rings is 1. The zero-order valence-corrected chi connectivity index (χ0v) is 23.0. The standard InChI is InChI=1S/C30H29FN8O2/c1-5-27(40)39-13-12-38(15-18(39)2)26-11-8-22-29(36-26)30(33-16-32-22)35-21-7-10-25(19(3)28(21)31)41-20-6-9-24-23(14-20)34-17-37(24)4/h5-11,14,16-18H,1,12-13,15H2,2-4H3,(H,32,33,35)/t18-/m0/s1. The molecule has 5 aromatic rings. The van der Waals surface area contributed by atoms with E-state index in [4.69, 9.17) is 9.72 Å². The van der Waals surface area contributed by atoms with Gasteiger partial charge in [0.25, 0.3) is 0 Å². The number of amides is 1. The van der Waals surface area contributed by atoms with Crippen molar-refractivity contribution in [3.63, 3.8) is 0 Å². The number of ether oxygens (including phenoxy) is 1. The Balaban J connectivity index is 1.25. The third-order valence-electron chi connectivity index (χ3n) is 7.39. The van der Waals surface area contributed by atoms with Gasteiger partial charge in [0, 0.05) is 44.4 Å². The summed E-state index contributed by atoms with van der Waals surface area (Å²) < 4.78 is 23.5. The smallest absolute Gasteiger partial charge is 0.246 e. The minimum Gasteiger partial charge on any atom is -0.457 e. The van der Waals surface area contributed by atoms with E-state index in [0.717, 1.165) is 16.9 Å². The molecule has 0 spiro atoms. The lowest BCUT2D eigenvalue weighted by molar-refractivity contribution is -0.128. The average molecular weight is 553 g/mol. The molecule has 3 aromatic heterocycles. The fourth-order valence-corrected chi connectivity index (χ4v) is 5.12. The van der Waals surface area contributed by atoms with Crippen LogP contribution in [0, 0.1) is 12.7 Å². The second-order valence-electron chi connectivity index (χ2n) is 10.1. The molecular weight excluding hydrogens is 523 g/mol. The van der Waals surface area contributed by atoms with Gasteiger partial charge in [-0.15, -0.1) is 0 Å². The maximum Gasteiger partial charge on any atom is 0.246 e. The van der Waals surface area contributed by atoms with Crippen molar-refractivity contribution in [1.82, 2.24) is 29.4 Å². The fourth-order valence-electron chi connectivity index (χ4n) is 5.12. The Labute approximate surface area is 236 Å². The second-order valence-corrected chi connectivity index (χ2v) is 10.1. The van der Waals surface area contributed by atoms with Gasteiger partial charge >= 0.3 is 0 Å². The molecule has 1 fully saturated rings. The summed E-state index contributed by atoms with van der Waals surface area (Å²) >= 11 is 0. The number of carbonyl (C=O) groups is 1. The van der Waals surface area contributed by atoms with Crippen LogP contribution in [-0.4, -0.2) is 61.0 Å². The molecule has 0 bridgehead atoms. The van der Waals surface area contributed by atoms with E-state index in [1.165, 1.54) is 12.4 Å². The quantitative estimate of drug-likeness (QED) is 0.290. The topological polar surface area (TPSA) is 101 Å². The molecule has 11 heteroatoms. The lowest BCUT2D eigenvalue weighted by Gasteiger charge is -2.40. The zero-order valence-electron chi connectivity index (χ0n) is 23.0. The Morgan fingerprint density at radius 1 is 1.12 bits per heavy atom. The number of carbonyl (C=O) groups excluding carboxylic acids is 1. The molecule has 10 nitrogen and oxygen atoms in total. The Hall–Kier alpha value is -5.06. The highest BCUT2D eigenvalue weighted by atomic mass is 19.1. The summed E-state index contributed by atoms with van der Waals surface area (Å²) in [6, 6.07) is 12.7. The first-order valence-corrected chi connectivity index (χ1v) is 13.3. The molecule has 1 saturated heterocycles. The van der Waals surface area contributed by atoms with Crippen LogP contribution in [0.3, 0.4) is 0 Å². The lowest BCUT2D eigenvalue weighted by Crippen LogP contribution is -2.53. The average Bonchev–Trinajstić information content (AvgIpc) is 3.36. The molecule has 6 rings (SSSR count). The second kappa shape index (κ2) is 10.5. The Morgan fingerprint density at radius 2 is 1.98 bits per heavy atom. The highest BCUT2D eigenvalue weighted by Crippen LogP contribution is 2.34. The molecular formula is C30H29FN8O2. The first-order valence-electron chi connectivity index (χ1n) is 13.3. The van der Waals surface area contributed by atoms with Crippen LogP contribution in [0.4, 0.5) is 21.7 Å². The lowest BCUT2D eigenvalue weighted by atomic mass is 10.1. The van der Waals surface area contributed by atoms with Crippen molar-refractivity contribution < 1.29 is 13.9 Å². The third-order valence-corrected chi connectivity index (χ3v) is 7.39. The van der Waals surface area contributed by atoms with Crippen LogP contribution >= 0.6 is 0 Å². The van der Waals surface area contributed by atoms with E-state index in [2.05, 4.69) is 31.7 Å². The van der Waals surface area contributed by atoms with E-state index >= 15 is 4.39 Å². The summed E-state index contributed by atoms with van der Waals surface area (Å²) in [6.07, 6.45) is 4.50. The summed E-state index contributed by atoms with van der Waals surface area (Å²) in [6.45, 7) is 9.08. The van der Waals surface area contributed by atoms with Crippen molar-refractivity contribution in [2.45, 2.75) is 19.9 Å². The number of rotatable bonds is 6. The number of aromatic nitrogens is 5. The minimum absolute atomic E-state index is 0.0000379. The number of anilines is 3. The molecule has 1 atom stereocenters. The summed E-state index contributed by atoms with van der Waals surface area (Å²) in [5.74, 6) is 1.56. The molecule has 1 aliphatic heterocycles. The van der Waals surface area contributed by atoms with Gasteiger partial charge in [0.15, 0.2) is 11.6 Å². The number of nitrogens with zero attached hydrogens (tertiary/aromatic N) is 7. The van der Waals surface area contributed by atoms with Crippen LogP contribution in [-0.2, 0) is 11.8 Å². The van der Waals surface area contributed by atoms with Gasteiger partial charge in [0.1, 0.15) is 29.2 Å². The number of nitrogens with one attached hydrogen (secondary N) is 1. The van der Waals surface area contributed by atoms with E-state index in [9.17, 15) is 4.79 Å². The zero-order chi connectivity index (χ0) is 28.7. The molecule has 4 heterocycles. The van der Waals surface area contributed by atoms with E-state index < -0.39 is 5.82 Å². The number of fused-ring (bicyclic) bond motifs is 2. The maximum atomic E-state index is 15.6. The van der Waals surface area contributed by atoms with Crippen molar-refractivity contribution in [1.29, 1.82) is 0 Å². The van der Waals surface area contributed by atoms with Crippen molar-refractivity contribution in [2.24, 2.45) is 7.05 Å². The molecule has 0 aliphatic carbocycles. The van der Waals surface area contributed by atoms with Gasteiger partial charge in [-0.05, 0) is 56.3 Å². The number of benzene rings is 2. The van der Waals surface area contributed by atoms with Crippen molar-refractivity contribution in [3.8, 4) is 11.5 Å². The van der Waals surface area contributed by atoms with Crippen molar-refractivity contribution in [3.05, 3.63) is 79.2 Å². The number of aryl methyl sites for hydroxylation is 1. The maximum absolute atomic E-state index is 15.6. The highest BCUT2D eigenvalue weighted by molar-refractivity contribution is 5.89. The van der Waals surface area contributed by atoms with Crippen LogP contribution in [0.5, 0.6) is 11.5 Å². The van der Waals surface area contributed by atoms with Gasteiger partial charge in [0.05, 0.1) is 28.6 Å². The normalized spacial score (nSPS) is 15.4. The Morgan fingerprint density at radius 3 is 2.78 bits per heavy atom. The van der Waals surface area contributed by atoms with Crippen LogP contribution in [0.25, 0.3) is 22.1 Å². The molecule has 0 unspecified atom stereocenters. The first-order chi connectivity index (χ1) is 19.8. The van der Waals surface area contributed by atoms with Crippen LogP contribution in [0.15, 0.2) is 67.8 Å². The fraction of sp³-hybridized carbons (Fsp3) is 0.233. The van der Waals surface area contributed by atoms with Crippen LogP contribution < -0.4 is 15.0 Å². The van der Waals surface area contributed by atoms with E-state index in [1.54, 1.807) is 30.3 Å². The van der Waals surface area contributed by atoms with Crippen LogP contribution in [0.2, 0.25) is 0 Å². The molecule has 1 N–H and O–H groups in total. The SMILES string of the molecule is C=CC(=O)N1CCN(c2ccc3ncnc(Nc4ccc(Oc5ccc6c(c5)ncn6C)c(C)c4F)c3n2)C[C@@H]1C. The molecule has 2 aromatic carbocycles. The van der Waals surface area contributed by atoms with Gasteiger partial charge in [-0.2, -0.15) is 0 Å². The van der Waals surface area contributed by atoms with Gasteiger partial charge < -0.3 is 24.4 Å².